The van der Waals surface area contributed by atoms with Crippen LogP contribution in [0.1, 0.15) is 23.7 Å². The number of quaternary nitrogens is 2. The van der Waals surface area contributed by atoms with E-state index in [1.165, 1.54) is 26.2 Å². The summed E-state index contributed by atoms with van der Waals surface area (Å²) < 4.78 is 5.77. The van der Waals surface area contributed by atoms with E-state index in [2.05, 4.69) is 7.05 Å². The second kappa shape index (κ2) is 7.41. The normalized spacial score (nSPS) is 22.5. The van der Waals surface area contributed by atoms with Crippen molar-refractivity contribution in [1.82, 2.24) is 0 Å². The molecule has 0 radical (unpaired) electrons. The van der Waals surface area contributed by atoms with Gasteiger partial charge in [-0.2, -0.15) is 0 Å². The second-order valence-electron chi connectivity index (χ2n) is 5.61. The van der Waals surface area contributed by atoms with E-state index < -0.39 is 0 Å². The molecule has 20 heavy (non-hydrogen) atoms. The van der Waals surface area contributed by atoms with Gasteiger partial charge in [-0.1, -0.05) is 6.92 Å². The van der Waals surface area contributed by atoms with E-state index in [-0.39, 0.29) is 5.78 Å². The molecule has 1 saturated heterocycles. The standard InChI is InChI=1S/C16H24N2O2/c1-3-16(19)14-4-6-15(7-5-14)20-13-12-18-10-8-17(2)9-11-18/h4-7H,3,8-13H2,1-2H3/p+2. The Morgan fingerprint density at radius 1 is 1.15 bits per heavy atom. The third-order valence-corrected chi connectivity index (χ3v) is 4.03. The van der Waals surface area contributed by atoms with Gasteiger partial charge in [0.05, 0.1) is 7.05 Å². The highest BCUT2D eigenvalue weighted by Crippen LogP contribution is 2.13. The SMILES string of the molecule is CCC(=O)c1ccc(OCC[NH+]2CC[NH+](C)CC2)cc1. The van der Waals surface area contributed by atoms with Crippen molar-refractivity contribution in [1.29, 1.82) is 0 Å². The van der Waals surface area contributed by atoms with Gasteiger partial charge in [-0.25, -0.2) is 0 Å². The van der Waals surface area contributed by atoms with E-state index >= 15 is 0 Å². The Hall–Kier alpha value is -1.39. The molecule has 2 rings (SSSR count). The lowest BCUT2D eigenvalue weighted by molar-refractivity contribution is -1.00. The first-order chi connectivity index (χ1) is 9.69. The van der Waals surface area contributed by atoms with Crippen molar-refractivity contribution in [3.63, 3.8) is 0 Å². The largest absolute Gasteiger partial charge is 0.488 e. The van der Waals surface area contributed by atoms with Crippen LogP contribution in [-0.2, 0) is 0 Å². The van der Waals surface area contributed by atoms with Crippen molar-refractivity contribution in [3.05, 3.63) is 29.8 Å². The summed E-state index contributed by atoms with van der Waals surface area (Å²) in [7, 11) is 2.26. The molecule has 0 spiro atoms. The molecule has 1 fully saturated rings. The van der Waals surface area contributed by atoms with Crippen LogP contribution in [0.5, 0.6) is 5.75 Å². The van der Waals surface area contributed by atoms with E-state index in [4.69, 9.17) is 4.74 Å². The molecule has 0 aliphatic carbocycles. The van der Waals surface area contributed by atoms with Crippen LogP contribution in [0.3, 0.4) is 0 Å². The Labute approximate surface area is 121 Å². The van der Waals surface area contributed by atoms with Crippen LogP contribution in [0.15, 0.2) is 24.3 Å². The molecule has 1 heterocycles. The summed E-state index contributed by atoms with van der Waals surface area (Å²) in [6.07, 6.45) is 0.551. The molecule has 110 valence electrons. The van der Waals surface area contributed by atoms with Crippen LogP contribution in [0, 0.1) is 0 Å². The fourth-order valence-electron chi connectivity index (χ4n) is 2.53. The predicted octanol–water partition coefficient (Wildman–Crippen LogP) is -0.929. The number of rotatable bonds is 6. The lowest BCUT2D eigenvalue weighted by atomic mass is 10.1. The Kier molecular flexibility index (Phi) is 5.56. The first-order valence-electron chi connectivity index (χ1n) is 7.60. The van der Waals surface area contributed by atoms with Crippen molar-refractivity contribution in [2.75, 3.05) is 46.4 Å². The number of carbonyl (C=O) groups is 1. The maximum Gasteiger partial charge on any atom is 0.162 e. The van der Waals surface area contributed by atoms with Gasteiger partial charge in [0.1, 0.15) is 45.1 Å². The van der Waals surface area contributed by atoms with Crippen molar-refractivity contribution >= 4 is 5.78 Å². The summed E-state index contributed by atoms with van der Waals surface area (Å²) in [6, 6.07) is 7.50. The molecule has 1 aromatic carbocycles. The molecular formula is C16H26N2O2+2. The van der Waals surface area contributed by atoms with Gasteiger partial charge in [0.25, 0.3) is 0 Å². The molecule has 0 bridgehead atoms. The number of nitrogens with one attached hydrogen (secondary N) is 2. The van der Waals surface area contributed by atoms with E-state index in [9.17, 15) is 4.79 Å². The Morgan fingerprint density at radius 3 is 2.40 bits per heavy atom. The predicted molar refractivity (Wildman–Crippen MR) is 78.7 cm³/mol. The number of carbonyl (C=O) groups excluding carboxylic acids is 1. The monoisotopic (exact) mass is 278 g/mol. The van der Waals surface area contributed by atoms with Crippen LogP contribution in [0.4, 0.5) is 0 Å². The Balaban J connectivity index is 1.73. The third-order valence-electron chi connectivity index (χ3n) is 4.03. The van der Waals surface area contributed by atoms with E-state index in [1.807, 2.05) is 31.2 Å². The topological polar surface area (TPSA) is 35.2 Å². The summed E-state index contributed by atoms with van der Waals surface area (Å²) in [5.74, 6) is 1.04. The minimum Gasteiger partial charge on any atom is -0.488 e. The molecular weight excluding hydrogens is 252 g/mol. The Morgan fingerprint density at radius 2 is 1.80 bits per heavy atom. The summed E-state index contributed by atoms with van der Waals surface area (Å²) in [5, 5.41) is 0. The third kappa shape index (κ3) is 4.32. The lowest BCUT2D eigenvalue weighted by Gasteiger charge is -2.27. The van der Waals surface area contributed by atoms with Gasteiger partial charge >= 0.3 is 0 Å². The molecule has 1 aliphatic heterocycles. The van der Waals surface area contributed by atoms with Gasteiger partial charge in [-0.05, 0) is 24.3 Å². The minimum atomic E-state index is 0.181. The van der Waals surface area contributed by atoms with Gasteiger partial charge in [0.15, 0.2) is 5.78 Å². The summed E-state index contributed by atoms with van der Waals surface area (Å²) in [6.45, 7) is 8.66. The van der Waals surface area contributed by atoms with Crippen LogP contribution in [0.25, 0.3) is 0 Å². The highest BCUT2D eigenvalue weighted by molar-refractivity contribution is 5.95. The number of Topliss-reactive ketones (excluding diaryl/α,β-unsaturated/α-hetero) is 1. The first-order valence-corrected chi connectivity index (χ1v) is 7.60. The molecule has 0 amide bonds. The molecule has 1 aromatic rings. The molecule has 0 atom stereocenters. The fourth-order valence-corrected chi connectivity index (χ4v) is 2.53. The number of benzene rings is 1. The lowest BCUT2D eigenvalue weighted by Crippen LogP contribution is -3.27. The van der Waals surface area contributed by atoms with Crippen molar-refractivity contribution in [2.45, 2.75) is 13.3 Å². The van der Waals surface area contributed by atoms with Gasteiger partial charge in [-0.15, -0.1) is 0 Å². The molecule has 2 N–H and O–H groups in total. The quantitative estimate of drug-likeness (QED) is 0.660. The maximum atomic E-state index is 11.5. The molecule has 0 saturated carbocycles. The van der Waals surface area contributed by atoms with Gasteiger partial charge in [-0.3, -0.25) is 4.79 Å². The van der Waals surface area contributed by atoms with E-state index in [1.54, 1.807) is 9.80 Å². The highest BCUT2D eigenvalue weighted by atomic mass is 16.5. The highest BCUT2D eigenvalue weighted by Gasteiger charge is 2.19. The number of ketones is 1. The average molecular weight is 278 g/mol. The van der Waals surface area contributed by atoms with Crippen molar-refractivity contribution in [3.8, 4) is 5.75 Å². The van der Waals surface area contributed by atoms with E-state index in [0.717, 1.165) is 24.5 Å². The first kappa shape index (κ1) is 15.0. The number of hydrogen-bond donors (Lipinski definition) is 2. The number of hydrogen-bond acceptors (Lipinski definition) is 2. The minimum absolute atomic E-state index is 0.181. The maximum absolute atomic E-state index is 11.5. The molecule has 1 aliphatic rings. The summed E-state index contributed by atoms with van der Waals surface area (Å²) in [4.78, 5) is 14.8. The smallest absolute Gasteiger partial charge is 0.162 e. The van der Waals surface area contributed by atoms with Gasteiger partial charge in [0.2, 0.25) is 0 Å². The number of ether oxygens (including phenoxy) is 1. The van der Waals surface area contributed by atoms with Gasteiger partial charge < -0.3 is 14.5 Å². The zero-order chi connectivity index (χ0) is 14.4. The molecule has 0 unspecified atom stereocenters. The van der Waals surface area contributed by atoms with Crippen molar-refractivity contribution < 1.29 is 19.3 Å². The molecule has 4 heteroatoms. The average Bonchev–Trinajstić information content (AvgIpc) is 2.49. The summed E-state index contributed by atoms with van der Waals surface area (Å²) in [5.41, 5.74) is 0.771. The van der Waals surface area contributed by atoms with Crippen LogP contribution in [0.2, 0.25) is 0 Å². The zero-order valence-corrected chi connectivity index (χ0v) is 12.6. The van der Waals surface area contributed by atoms with Crippen LogP contribution >= 0.6 is 0 Å². The Bertz CT molecular complexity index is 423. The molecule has 0 aromatic heterocycles. The van der Waals surface area contributed by atoms with Gasteiger partial charge in [0, 0.05) is 12.0 Å². The van der Waals surface area contributed by atoms with Crippen LogP contribution in [-0.4, -0.2) is 52.2 Å². The zero-order valence-electron chi connectivity index (χ0n) is 12.6. The van der Waals surface area contributed by atoms with Crippen molar-refractivity contribution in [2.24, 2.45) is 0 Å². The second-order valence-corrected chi connectivity index (χ2v) is 5.61. The van der Waals surface area contributed by atoms with E-state index in [0.29, 0.717) is 6.42 Å². The number of likely N-dealkylation sites (N-methyl/N-ethyl adjacent to an activating group) is 1. The number of piperazine rings is 1. The molecule has 4 nitrogen and oxygen atoms in total. The van der Waals surface area contributed by atoms with Crippen LogP contribution < -0.4 is 14.5 Å². The fraction of sp³-hybridized carbons (Fsp3) is 0.562. The summed E-state index contributed by atoms with van der Waals surface area (Å²) >= 11 is 0.